The van der Waals surface area contributed by atoms with Crippen molar-refractivity contribution in [2.24, 2.45) is 11.8 Å². The third-order valence-electron chi connectivity index (χ3n) is 1.89. The second-order valence-corrected chi connectivity index (χ2v) is 2.70. The van der Waals surface area contributed by atoms with Crippen LogP contribution in [0.5, 0.6) is 0 Å². The largest absolute Gasteiger partial charge is 0.298 e. The highest BCUT2D eigenvalue weighted by Gasteiger charge is 2.36. The van der Waals surface area contributed by atoms with E-state index in [4.69, 9.17) is 0 Å². The van der Waals surface area contributed by atoms with Crippen LogP contribution in [0, 0.1) is 11.8 Å². The summed E-state index contributed by atoms with van der Waals surface area (Å²) in [5, 5.41) is 2.11. The van der Waals surface area contributed by atoms with Crippen LogP contribution in [0.4, 0.5) is 0 Å². The van der Waals surface area contributed by atoms with E-state index in [1.54, 1.807) is 0 Å². The average Bonchev–Trinajstić information content (AvgIpc) is 1.97. The molecular formula is C7H11NO3. The van der Waals surface area contributed by atoms with Crippen LogP contribution in [-0.2, 0) is 14.4 Å². The molecule has 2 unspecified atom stereocenters. The zero-order chi connectivity index (χ0) is 8.59. The maximum absolute atomic E-state index is 11.1. The van der Waals surface area contributed by atoms with E-state index in [9.17, 15) is 14.4 Å². The second kappa shape index (κ2) is 2.45. The first kappa shape index (κ1) is 7.91. The lowest BCUT2D eigenvalue weighted by molar-refractivity contribution is -0.146. The Morgan fingerprint density at radius 1 is 1.09 bits per heavy atom. The Balaban J connectivity index is 0.00000121. The molecule has 2 atom stereocenters. The molecule has 0 spiro atoms. The Morgan fingerprint density at radius 3 is 1.82 bits per heavy atom. The van der Waals surface area contributed by atoms with E-state index in [2.05, 4.69) is 5.32 Å². The number of imide groups is 1. The molecular weight excluding hydrogens is 146 g/mol. The van der Waals surface area contributed by atoms with Gasteiger partial charge in [0.1, 0.15) is 0 Å². The highest BCUT2D eigenvalue weighted by Crippen LogP contribution is 2.12. The molecule has 0 aromatic rings. The van der Waals surface area contributed by atoms with Gasteiger partial charge in [-0.05, 0) is 13.8 Å². The fourth-order valence-electron chi connectivity index (χ4n) is 0.971. The Morgan fingerprint density at radius 2 is 1.45 bits per heavy atom. The molecule has 1 fully saturated rings. The number of rotatable bonds is 0. The normalized spacial score (nSPS) is 32.0. The number of amides is 2. The summed E-state index contributed by atoms with van der Waals surface area (Å²) in [5.41, 5.74) is 0. The van der Waals surface area contributed by atoms with E-state index in [1.165, 1.54) is 13.8 Å². The quantitative estimate of drug-likeness (QED) is 0.389. The summed E-state index contributed by atoms with van der Waals surface area (Å²) in [5.74, 6) is -2.62. The van der Waals surface area contributed by atoms with Crippen LogP contribution in [-0.4, -0.2) is 17.6 Å². The van der Waals surface area contributed by atoms with Crippen molar-refractivity contribution in [3.8, 4) is 0 Å². The van der Waals surface area contributed by atoms with Gasteiger partial charge in [0.25, 0.3) is 0 Å². The van der Waals surface area contributed by atoms with Gasteiger partial charge in [0.05, 0.1) is 11.8 Å². The number of carbonyl (C=O) groups excluding carboxylic acids is 3. The number of ketones is 1. The molecule has 11 heavy (non-hydrogen) atoms. The Labute approximate surface area is 65.4 Å². The Hall–Kier alpha value is -1.19. The summed E-state index contributed by atoms with van der Waals surface area (Å²) < 4.78 is 0. The SMILES string of the molecule is CC1C(=O)NC(=O)C(C)C1=O.[HH]. The van der Waals surface area contributed by atoms with Gasteiger partial charge in [0.2, 0.25) is 11.8 Å². The van der Waals surface area contributed by atoms with E-state index in [0.717, 1.165) is 0 Å². The first-order chi connectivity index (χ1) is 5.04. The van der Waals surface area contributed by atoms with Gasteiger partial charge in [-0.1, -0.05) is 0 Å². The summed E-state index contributed by atoms with van der Waals surface area (Å²) in [7, 11) is 0. The van der Waals surface area contributed by atoms with Crippen molar-refractivity contribution in [2.45, 2.75) is 13.8 Å². The topological polar surface area (TPSA) is 63.2 Å². The van der Waals surface area contributed by atoms with Crippen LogP contribution >= 0.6 is 0 Å². The van der Waals surface area contributed by atoms with Gasteiger partial charge >= 0.3 is 0 Å². The molecule has 1 aliphatic heterocycles. The molecule has 1 heterocycles. The smallest absolute Gasteiger partial charge is 0.236 e. The maximum atomic E-state index is 11.1. The van der Waals surface area contributed by atoms with E-state index in [-0.39, 0.29) is 7.21 Å². The summed E-state index contributed by atoms with van der Waals surface area (Å²) in [6, 6.07) is 0. The number of Topliss-reactive ketones (excluding diaryl/α,β-unsaturated/α-hetero) is 1. The molecule has 0 aromatic heterocycles. The van der Waals surface area contributed by atoms with Gasteiger partial charge in [-0.2, -0.15) is 0 Å². The van der Waals surface area contributed by atoms with E-state index < -0.39 is 23.7 Å². The molecule has 1 aliphatic rings. The van der Waals surface area contributed by atoms with Crippen LogP contribution in [0.1, 0.15) is 15.3 Å². The lowest BCUT2D eigenvalue weighted by Gasteiger charge is -2.20. The predicted octanol–water partition coefficient (Wildman–Crippen LogP) is -0.270. The zero-order valence-electron chi connectivity index (χ0n) is 6.38. The molecule has 2 amide bonds. The van der Waals surface area contributed by atoms with Gasteiger partial charge < -0.3 is 0 Å². The van der Waals surface area contributed by atoms with Crippen LogP contribution in [0.25, 0.3) is 0 Å². The number of hydrogen-bond acceptors (Lipinski definition) is 3. The fraction of sp³-hybridized carbons (Fsp3) is 0.571. The third kappa shape index (κ3) is 1.15. The van der Waals surface area contributed by atoms with E-state index in [1.807, 2.05) is 0 Å². The summed E-state index contributed by atoms with van der Waals surface area (Å²) in [6.07, 6.45) is 0. The van der Waals surface area contributed by atoms with Crippen molar-refractivity contribution in [1.29, 1.82) is 0 Å². The van der Waals surface area contributed by atoms with Gasteiger partial charge in [0, 0.05) is 1.43 Å². The number of hydrogen-bond donors (Lipinski definition) is 1. The molecule has 0 radical (unpaired) electrons. The van der Waals surface area contributed by atoms with Crippen LogP contribution in [0.3, 0.4) is 0 Å². The molecule has 62 valence electrons. The van der Waals surface area contributed by atoms with Gasteiger partial charge in [-0.15, -0.1) is 0 Å². The van der Waals surface area contributed by atoms with E-state index in [0.29, 0.717) is 0 Å². The molecule has 0 aromatic carbocycles. The monoisotopic (exact) mass is 157 g/mol. The highest BCUT2D eigenvalue weighted by atomic mass is 16.2. The Kier molecular flexibility index (Phi) is 1.76. The molecule has 1 saturated heterocycles. The van der Waals surface area contributed by atoms with Crippen molar-refractivity contribution in [1.82, 2.24) is 5.32 Å². The molecule has 1 N–H and O–H groups in total. The van der Waals surface area contributed by atoms with Crippen molar-refractivity contribution < 1.29 is 15.8 Å². The van der Waals surface area contributed by atoms with Gasteiger partial charge in [-0.25, -0.2) is 0 Å². The van der Waals surface area contributed by atoms with Crippen molar-refractivity contribution >= 4 is 17.6 Å². The van der Waals surface area contributed by atoms with Crippen LogP contribution in [0.15, 0.2) is 0 Å². The minimum Gasteiger partial charge on any atom is -0.298 e. The lowest BCUT2D eigenvalue weighted by atomic mass is 9.90. The molecule has 0 saturated carbocycles. The van der Waals surface area contributed by atoms with E-state index >= 15 is 0 Å². The minimum absolute atomic E-state index is 0. The fourth-order valence-corrected chi connectivity index (χ4v) is 0.971. The summed E-state index contributed by atoms with van der Waals surface area (Å²) in [4.78, 5) is 32.7. The van der Waals surface area contributed by atoms with Crippen molar-refractivity contribution in [3.05, 3.63) is 0 Å². The predicted molar refractivity (Wildman–Crippen MR) is 38.6 cm³/mol. The number of carbonyl (C=O) groups is 3. The summed E-state index contributed by atoms with van der Waals surface area (Å²) in [6.45, 7) is 3.00. The first-order valence-corrected chi connectivity index (χ1v) is 3.42. The third-order valence-corrected chi connectivity index (χ3v) is 1.89. The molecule has 4 heteroatoms. The number of piperidine rings is 1. The van der Waals surface area contributed by atoms with Gasteiger partial charge in [0.15, 0.2) is 5.78 Å². The van der Waals surface area contributed by atoms with Gasteiger partial charge in [-0.3, -0.25) is 19.7 Å². The summed E-state index contributed by atoms with van der Waals surface area (Å²) >= 11 is 0. The standard InChI is InChI=1S/C7H9NO3.H2/c1-3-5(9)4(2)7(11)8-6(3)10;/h3-4H,1-2H3,(H,8,10,11);1H. The average molecular weight is 157 g/mol. The second-order valence-electron chi connectivity index (χ2n) is 2.70. The molecule has 0 bridgehead atoms. The highest BCUT2D eigenvalue weighted by molar-refractivity contribution is 6.19. The number of nitrogens with one attached hydrogen (secondary N) is 1. The maximum Gasteiger partial charge on any atom is 0.236 e. The minimum atomic E-state index is -0.678. The molecule has 0 aliphatic carbocycles. The Bertz CT molecular complexity index is 217. The van der Waals surface area contributed by atoms with Crippen LogP contribution < -0.4 is 5.32 Å². The first-order valence-electron chi connectivity index (χ1n) is 3.42. The molecule has 1 rings (SSSR count). The zero-order valence-corrected chi connectivity index (χ0v) is 6.38. The lowest BCUT2D eigenvalue weighted by Crippen LogP contribution is -2.50. The molecule has 4 nitrogen and oxygen atoms in total. The van der Waals surface area contributed by atoms with Crippen LogP contribution in [0.2, 0.25) is 0 Å². The van der Waals surface area contributed by atoms with Crippen molar-refractivity contribution in [3.63, 3.8) is 0 Å². The van der Waals surface area contributed by atoms with Crippen molar-refractivity contribution in [2.75, 3.05) is 0 Å².